The zero-order valence-electron chi connectivity index (χ0n) is 17.5. The van der Waals surface area contributed by atoms with Crippen LogP contribution in [0.1, 0.15) is 45.6 Å². The van der Waals surface area contributed by atoms with Gasteiger partial charge in [0.15, 0.2) is 5.16 Å². The zero-order valence-corrected chi connectivity index (χ0v) is 18.3. The summed E-state index contributed by atoms with van der Waals surface area (Å²) in [6.45, 7) is 5.70. The van der Waals surface area contributed by atoms with E-state index in [9.17, 15) is 9.59 Å². The Balaban J connectivity index is 1.87. The molecule has 0 aliphatic heterocycles. The van der Waals surface area contributed by atoms with Crippen molar-refractivity contribution in [3.8, 4) is 0 Å². The Morgan fingerprint density at radius 3 is 2.90 bits per heavy atom. The number of amides is 1. The highest BCUT2D eigenvalue weighted by Gasteiger charge is 2.31. The van der Waals surface area contributed by atoms with E-state index in [1.807, 2.05) is 28.8 Å². The third-order valence-electron chi connectivity index (χ3n) is 5.95. The topological polar surface area (TPSA) is 73.2 Å². The van der Waals surface area contributed by atoms with E-state index in [0.717, 1.165) is 19.3 Å². The maximum Gasteiger partial charge on any atom is 0.262 e. The lowest BCUT2D eigenvalue weighted by Gasteiger charge is -2.36. The Kier molecular flexibility index (Phi) is 7.72. The number of thioether (sulfide) groups is 1. The van der Waals surface area contributed by atoms with Gasteiger partial charge in [0, 0.05) is 26.3 Å². The number of carbonyl (C=O) groups excluding carboxylic acids is 1. The van der Waals surface area contributed by atoms with Gasteiger partial charge in [-0.2, -0.15) is 0 Å². The van der Waals surface area contributed by atoms with Gasteiger partial charge in [-0.1, -0.05) is 50.6 Å². The summed E-state index contributed by atoms with van der Waals surface area (Å²) in [5.41, 5.74) is 0.692. The molecule has 1 N–H and O–H groups in total. The Bertz CT molecular complexity index is 898. The van der Waals surface area contributed by atoms with Gasteiger partial charge >= 0.3 is 0 Å². The Labute approximate surface area is 176 Å². The van der Waals surface area contributed by atoms with Gasteiger partial charge in [-0.05, 0) is 36.8 Å². The Hall–Kier alpha value is -1.86. The number of ether oxygens (including phenoxy) is 1. The van der Waals surface area contributed by atoms with Gasteiger partial charge in [-0.3, -0.25) is 14.2 Å². The van der Waals surface area contributed by atoms with Gasteiger partial charge in [-0.15, -0.1) is 0 Å². The van der Waals surface area contributed by atoms with Crippen molar-refractivity contribution in [2.45, 2.75) is 50.7 Å². The summed E-state index contributed by atoms with van der Waals surface area (Å²) in [5.74, 6) is 1.15. The van der Waals surface area contributed by atoms with Crippen LogP contribution in [0.3, 0.4) is 0 Å². The average molecular weight is 418 g/mol. The van der Waals surface area contributed by atoms with E-state index < -0.39 is 0 Å². The molecule has 1 amide bonds. The Morgan fingerprint density at radius 1 is 1.31 bits per heavy atom. The minimum absolute atomic E-state index is 0.00422. The molecule has 0 spiro atoms. The summed E-state index contributed by atoms with van der Waals surface area (Å²) in [6.07, 6.45) is 4.06. The van der Waals surface area contributed by atoms with Crippen LogP contribution in [0.4, 0.5) is 0 Å². The third-order valence-corrected chi connectivity index (χ3v) is 6.90. The van der Waals surface area contributed by atoms with Crippen LogP contribution >= 0.6 is 11.8 Å². The SMILES string of the molecule is COCCCNC(=O)CSc1nc2ccccc2c(=O)n1C1CCCC(C)C1C. The molecule has 1 heterocycles. The molecule has 1 fully saturated rings. The molecule has 3 atom stereocenters. The van der Waals surface area contributed by atoms with Crippen LogP contribution in [0.5, 0.6) is 0 Å². The van der Waals surface area contributed by atoms with Crippen molar-refractivity contribution in [2.75, 3.05) is 26.0 Å². The van der Waals surface area contributed by atoms with E-state index in [4.69, 9.17) is 9.72 Å². The lowest BCUT2D eigenvalue weighted by Crippen LogP contribution is -2.35. The summed E-state index contributed by atoms with van der Waals surface area (Å²) < 4.78 is 6.87. The molecule has 2 aromatic rings. The first-order valence-corrected chi connectivity index (χ1v) is 11.4. The summed E-state index contributed by atoms with van der Waals surface area (Å²) in [7, 11) is 1.65. The number of methoxy groups -OCH3 is 1. The molecule has 3 rings (SSSR count). The van der Waals surface area contributed by atoms with E-state index in [2.05, 4.69) is 19.2 Å². The molecule has 3 unspecified atom stereocenters. The lowest BCUT2D eigenvalue weighted by atomic mass is 9.78. The second kappa shape index (κ2) is 10.3. The van der Waals surface area contributed by atoms with Crippen molar-refractivity contribution in [3.63, 3.8) is 0 Å². The van der Waals surface area contributed by atoms with Crippen LogP contribution in [0.2, 0.25) is 0 Å². The van der Waals surface area contributed by atoms with Gasteiger partial charge in [0.1, 0.15) is 0 Å². The average Bonchev–Trinajstić information content (AvgIpc) is 2.72. The minimum atomic E-state index is -0.0508. The van der Waals surface area contributed by atoms with Crippen molar-refractivity contribution in [1.82, 2.24) is 14.9 Å². The van der Waals surface area contributed by atoms with E-state index in [1.165, 1.54) is 18.2 Å². The number of rotatable bonds is 8. The number of benzene rings is 1. The molecule has 6 nitrogen and oxygen atoms in total. The molecule has 29 heavy (non-hydrogen) atoms. The van der Waals surface area contributed by atoms with Gasteiger partial charge in [-0.25, -0.2) is 4.98 Å². The van der Waals surface area contributed by atoms with Crippen LogP contribution in [0, 0.1) is 11.8 Å². The van der Waals surface area contributed by atoms with Crippen molar-refractivity contribution in [3.05, 3.63) is 34.6 Å². The number of hydrogen-bond acceptors (Lipinski definition) is 5. The molecule has 1 aliphatic carbocycles. The van der Waals surface area contributed by atoms with E-state index in [-0.39, 0.29) is 23.3 Å². The number of nitrogens with zero attached hydrogens (tertiary/aromatic N) is 2. The molecule has 0 bridgehead atoms. The molecule has 158 valence electrons. The summed E-state index contributed by atoms with van der Waals surface area (Å²) in [6, 6.07) is 7.60. The summed E-state index contributed by atoms with van der Waals surface area (Å²) in [5, 5.41) is 4.19. The number of fused-ring (bicyclic) bond motifs is 1. The fourth-order valence-corrected chi connectivity index (χ4v) is 4.95. The normalized spacial score (nSPS) is 22.0. The first-order chi connectivity index (χ1) is 14.0. The molecular weight excluding hydrogens is 386 g/mol. The smallest absolute Gasteiger partial charge is 0.262 e. The molecule has 1 saturated carbocycles. The molecule has 1 aromatic heterocycles. The predicted molar refractivity (Wildman–Crippen MR) is 117 cm³/mol. The van der Waals surface area contributed by atoms with Crippen molar-refractivity contribution < 1.29 is 9.53 Å². The first-order valence-electron chi connectivity index (χ1n) is 10.4. The summed E-state index contributed by atoms with van der Waals surface area (Å²) >= 11 is 1.35. The van der Waals surface area contributed by atoms with Crippen LogP contribution in [-0.2, 0) is 9.53 Å². The van der Waals surface area contributed by atoms with E-state index >= 15 is 0 Å². The number of aromatic nitrogens is 2. The summed E-state index contributed by atoms with van der Waals surface area (Å²) in [4.78, 5) is 30.4. The molecular formula is C22H31N3O3S. The maximum absolute atomic E-state index is 13.4. The molecule has 1 aliphatic rings. The minimum Gasteiger partial charge on any atom is -0.385 e. The fraction of sp³-hybridized carbons (Fsp3) is 0.591. The van der Waals surface area contributed by atoms with Crippen molar-refractivity contribution in [2.24, 2.45) is 11.8 Å². The second-order valence-corrected chi connectivity index (χ2v) is 8.85. The molecule has 0 saturated heterocycles. The molecule has 1 aromatic carbocycles. The van der Waals surface area contributed by atoms with E-state index in [0.29, 0.717) is 41.0 Å². The van der Waals surface area contributed by atoms with Crippen molar-refractivity contribution >= 4 is 28.6 Å². The number of nitrogens with one attached hydrogen (secondary N) is 1. The van der Waals surface area contributed by atoms with Crippen LogP contribution in [0.25, 0.3) is 10.9 Å². The van der Waals surface area contributed by atoms with Gasteiger partial charge < -0.3 is 10.1 Å². The Morgan fingerprint density at radius 2 is 2.10 bits per heavy atom. The van der Waals surface area contributed by atoms with E-state index in [1.54, 1.807) is 7.11 Å². The molecule has 7 heteroatoms. The van der Waals surface area contributed by atoms with Gasteiger partial charge in [0.05, 0.1) is 16.7 Å². The monoisotopic (exact) mass is 417 g/mol. The van der Waals surface area contributed by atoms with Crippen LogP contribution in [0.15, 0.2) is 34.2 Å². The highest BCUT2D eigenvalue weighted by molar-refractivity contribution is 7.99. The zero-order chi connectivity index (χ0) is 20.8. The van der Waals surface area contributed by atoms with Crippen LogP contribution < -0.4 is 10.9 Å². The standard InChI is InChI=1S/C22H31N3O3S/c1-15-8-6-11-19(16(15)2)25-21(27)17-9-4-5-10-18(17)24-22(25)29-14-20(26)23-12-7-13-28-3/h4-5,9-10,15-16,19H,6-8,11-14H2,1-3H3,(H,23,26). The van der Waals surface area contributed by atoms with Crippen LogP contribution in [-0.4, -0.2) is 41.5 Å². The molecule has 0 radical (unpaired) electrons. The van der Waals surface area contributed by atoms with Crippen molar-refractivity contribution in [1.29, 1.82) is 0 Å². The third kappa shape index (κ3) is 5.20. The number of para-hydroxylation sites is 1. The number of carbonyl (C=O) groups is 1. The number of hydrogen-bond donors (Lipinski definition) is 1. The van der Waals surface area contributed by atoms with Gasteiger partial charge in [0.2, 0.25) is 5.91 Å². The van der Waals surface area contributed by atoms with Gasteiger partial charge in [0.25, 0.3) is 5.56 Å². The largest absolute Gasteiger partial charge is 0.385 e. The highest BCUT2D eigenvalue weighted by Crippen LogP contribution is 2.38. The predicted octanol–water partition coefficient (Wildman–Crippen LogP) is 3.64. The fourth-order valence-electron chi connectivity index (χ4n) is 4.06. The first kappa shape index (κ1) is 21.8. The lowest BCUT2D eigenvalue weighted by molar-refractivity contribution is -0.118. The second-order valence-electron chi connectivity index (χ2n) is 7.91. The quantitative estimate of drug-likeness (QED) is 0.403. The highest BCUT2D eigenvalue weighted by atomic mass is 32.2. The maximum atomic E-state index is 13.4.